The van der Waals surface area contributed by atoms with Crippen molar-refractivity contribution in [2.75, 3.05) is 27.8 Å². The molecule has 16 heavy (non-hydrogen) atoms. The molecule has 2 unspecified atom stereocenters. The summed E-state index contributed by atoms with van der Waals surface area (Å²) in [6.07, 6.45) is 2.93. The first-order valence-electron chi connectivity index (χ1n) is 5.67. The number of carbonyl (C=O) groups is 1. The van der Waals surface area contributed by atoms with Crippen LogP contribution in [0.2, 0.25) is 0 Å². The van der Waals surface area contributed by atoms with E-state index in [1.807, 2.05) is 6.92 Å². The molecule has 0 saturated heterocycles. The molecule has 1 amide bonds. The maximum Gasteiger partial charge on any atom is 0.252 e. The molecule has 1 rings (SSSR count). The Morgan fingerprint density at radius 1 is 1.62 bits per heavy atom. The minimum atomic E-state index is -0.276. The molecular formula is C11H22N2O3. The third-order valence-electron chi connectivity index (χ3n) is 3.67. The number of rotatable bonds is 6. The molecule has 94 valence electrons. The highest BCUT2D eigenvalue weighted by molar-refractivity contribution is 5.82. The zero-order chi connectivity index (χ0) is 12.2. The Labute approximate surface area is 97.0 Å². The van der Waals surface area contributed by atoms with Crippen LogP contribution < -0.4 is 5.48 Å². The predicted octanol–water partition coefficient (Wildman–Crippen LogP) is 0.964. The summed E-state index contributed by atoms with van der Waals surface area (Å²) in [4.78, 5) is 22.1. The van der Waals surface area contributed by atoms with Gasteiger partial charge in [0.25, 0.3) is 5.91 Å². The highest BCUT2D eigenvalue weighted by Gasteiger charge is 2.49. The topological polar surface area (TPSA) is 50.8 Å². The Kier molecular flexibility index (Phi) is 4.70. The van der Waals surface area contributed by atoms with E-state index >= 15 is 0 Å². The molecule has 0 aliphatic heterocycles. The molecule has 1 fully saturated rings. The average molecular weight is 230 g/mol. The van der Waals surface area contributed by atoms with Gasteiger partial charge in [0.15, 0.2) is 0 Å². The molecule has 1 saturated carbocycles. The number of nitrogens with one attached hydrogen (secondary N) is 1. The van der Waals surface area contributed by atoms with Crippen molar-refractivity contribution in [2.45, 2.75) is 26.2 Å². The summed E-state index contributed by atoms with van der Waals surface area (Å²) >= 11 is 0. The predicted molar refractivity (Wildman–Crippen MR) is 60.2 cm³/mol. The maximum atomic E-state index is 12.1. The van der Waals surface area contributed by atoms with Gasteiger partial charge in [0.1, 0.15) is 0 Å². The molecule has 0 aromatic rings. The van der Waals surface area contributed by atoms with E-state index in [1.54, 1.807) is 14.1 Å². The highest BCUT2D eigenvalue weighted by Crippen LogP contribution is 2.49. The van der Waals surface area contributed by atoms with Gasteiger partial charge in [-0.25, -0.2) is 10.5 Å². The zero-order valence-electron chi connectivity index (χ0n) is 10.6. The second-order valence-corrected chi connectivity index (χ2v) is 4.48. The first-order chi connectivity index (χ1) is 7.56. The summed E-state index contributed by atoms with van der Waals surface area (Å²) in [7, 11) is 4.91. The molecule has 0 radical (unpaired) electrons. The summed E-state index contributed by atoms with van der Waals surface area (Å²) < 4.78 is 0. The SMILES string of the molecule is CNOCCC1CCC1(C)C(=O)N(C)OC. The van der Waals surface area contributed by atoms with Crippen LogP contribution in [0.1, 0.15) is 26.2 Å². The Hall–Kier alpha value is -0.650. The Morgan fingerprint density at radius 2 is 2.31 bits per heavy atom. The van der Waals surface area contributed by atoms with E-state index in [1.165, 1.54) is 12.2 Å². The van der Waals surface area contributed by atoms with Gasteiger partial charge in [0, 0.05) is 14.1 Å². The van der Waals surface area contributed by atoms with E-state index in [0.717, 1.165) is 19.3 Å². The summed E-state index contributed by atoms with van der Waals surface area (Å²) in [5, 5.41) is 1.32. The van der Waals surface area contributed by atoms with Crippen LogP contribution in [0, 0.1) is 11.3 Å². The quantitative estimate of drug-likeness (QED) is 0.545. The van der Waals surface area contributed by atoms with Gasteiger partial charge in [0.05, 0.1) is 19.1 Å². The maximum absolute atomic E-state index is 12.1. The van der Waals surface area contributed by atoms with Gasteiger partial charge in [-0.3, -0.25) is 9.63 Å². The van der Waals surface area contributed by atoms with Crippen LogP contribution in [-0.2, 0) is 14.5 Å². The van der Waals surface area contributed by atoms with Crippen molar-refractivity contribution in [3.8, 4) is 0 Å². The third kappa shape index (κ3) is 2.53. The minimum Gasteiger partial charge on any atom is -0.302 e. The van der Waals surface area contributed by atoms with Gasteiger partial charge in [0.2, 0.25) is 0 Å². The standard InChI is InChI=1S/C11H22N2O3/c1-11(10(14)13(3)15-4)7-5-9(11)6-8-16-12-2/h9,12H,5-8H2,1-4H3. The minimum absolute atomic E-state index is 0.0655. The number of nitrogens with zero attached hydrogens (tertiary/aromatic N) is 1. The van der Waals surface area contributed by atoms with Crippen molar-refractivity contribution in [3.05, 3.63) is 0 Å². The van der Waals surface area contributed by atoms with Gasteiger partial charge in [-0.15, -0.1) is 0 Å². The van der Waals surface area contributed by atoms with E-state index in [0.29, 0.717) is 12.5 Å². The molecule has 0 spiro atoms. The first-order valence-corrected chi connectivity index (χ1v) is 5.67. The van der Waals surface area contributed by atoms with Gasteiger partial charge in [-0.05, 0) is 25.2 Å². The number of carbonyl (C=O) groups excluding carboxylic acids is 1. The fraction of sp³-hybridized carbons (Fsp3) is 0.909. The molecule has 0 bridgehead atoms. The lowest BCUT2D eigenvalue weighted by Crippen LogP contribution is -2.50. The van der Waals surface area contributed by atoms with Crippen LogP contribution in [0.4, 0.5) is 0 Å². The zero-order valence-corrected chi connectivity index (χ0v) is 10.6. The van der Waals surface area contributed by atoms with Crippen molar-refractivity contribution < 1.29 is 14.5 Å². The van der Waals surface area contributed by atoms with Crippen molar-refractivity contribution >= 4 is 5.91 Å². The van der Waals surface area contributed by atoms with E-state index in [9.17, 15) is 4.79 Å². The molecule has 2 atom stereocenters. The lowest BCUT2D eigenvalue weighted by atomic mass is 9.59. The normalized spacial score (nSPS) is 28.6. The molecule has 5 heteroatoms. The van der Waals surface area contributed by atoms with Crippen molar-refractivity contribution in [3.63, 3.8) is 0 Å². The largest absolute Gasteiger partial charge is 0.302 e. The number of hydrogen-bond donors (Lipinski definition) is 1. The highest BCUT2D eigenvalue weighted by atomic mass is 16.7. The second-order valence-electron chi connectivity index (χ2n) is 4.48. The molecular weight excluding hydrogens is 208 g/mol. The third-order valence-corrected chi connectivity index (χ3v) is 3.67. The Balaban J connectivity index is 2.47. The van der Waals surface area contributed by atoms with E-state index in [2.05, 4.69) is 5.48 Å². The average Bonchev–Trinajstić information content (AvgIpc) is 2.30. The lowest BCUT2D eigenvalue weighted by Gasteiger charge is -2.46. The van der Waals surface area contributed by atoms with Gasteiger partial charge >= 0.3 is 0 Å². The second kappa shape index (κ2) is 5.61. The fourth-order valence-corrected chi connectivity index (χ4v) is 2.27. The van der Waals surface area contributed by atoms with Crippen LogP contribution in [-0.4, -0.2) is 38.8 Å². The number of hydroxylamine groups is 3. The number of hydrogen-bond acceptors (Lipinski definition) is 4. The summed E-state index contributed by atoms with van der Waals surface area (Å²) in [6, 6.07) is 0. The molecule has 0 aromatic heterocycles. The van der Waals surface area contributed by atoms with Crippen molar-refractivity contribution in [2.24, 2.45) is 11.3 Å². The summed E-state index contributed by atoms with van der Waals surface area (Å²) in [5.41, 5.74) is 2.37. The van der Waals surface area contributed by atoms with E-state index in [4.69, 9.17) is 9.68 Å². The van der Waals surface area contributed by atoms with Crippen LogP contribution in [0.3, 0.4) is 0 Å². The van der Waals surface area contributed by atoms with Crippen molar-refractivity contribution in [1.29, 1.82) is 0 Å². The van der Waals surface area contributed by atoms with Gasteiger partial charge in [-0.2, -0.15) is 0 Å². The van der Waals surface area contributed by atoms with Crippen molar-refractivity contribution in [1.82, 2.24) is 10.5 Å². The molecule has 1 aliphatic carbocycles. The molecule has 1 aliphatic rings. The van der Waals surface area contributed by atoms with Crippen LogP contribution in [0.15, 0.2) is 0 Å². The van der Waals surface area contributed by atoms with Crippen LogP contribution >= 0.6 is 0 Å². The molecule has 5 nitrogen and oxygen atoms in total. The van der Waals surface area contributed by atoms with E-state index in [-0.39, 0.29) is 11.3 Å². The van der Waals surface area contributed by atoms with Crippen LogP contribution in [0.25, 0.3) is 0 Å². The van der Waals surface area contributed by atoms with Gasteiger partial charge < -0.3 is 4.84 Å². The summed E-state index contributed by atoms with van der Waals surface area (Å²) in [5.74, 6) is 0.460. The Bertz CT molecular complexity index is 247. The van der Waals surface area contributed by atoms with E-state index < -0.39 is 0 Å². The molecule has 1 N–H and O–H groups in total. The summed E-state index contributed by atoms with van der Waals surface area (Å²) in [6.45, 7) is 2.65. The number of amides is 1. The lowest BCUT2D eigenvalue weighted by molar-refractivity contribution is -0.190. The molecule has 0 aromatic carbocycles. The Morgan fingerprint density at radius 3 is 2.75 bits per heavy atom. The van der Waals surface area contributed by atoms with Crippen LogP contribution in [0.5, 0.6) is 0 Å². The van der Waals surface area contributed by atoms with Gasteiger partial charge in [-0.1, -0.05) is 6.92 Å². The monoisotopic (exact) mass is 230 g/mol. The smallest absolute Gasteiger partial charge is 0.252 e. The fourth-order valence-electron chi connectivity index (χ4n) is 2.27. The molecule has 0 heterocycles. The first kappa shape index (κ1) is 13.4.